The van der Waals surface area contributed by atoms with Crippen molar-refractivity contribution in [3.63, 3.8) is 0 Å². The third-order valence-electron chi connectivity index (χ3n) is 3.39. The first kappa shape index (κ1) is 13.2. The molecule has 0 fully saturated rings. The molecule has 3 nitrogen and oxygen atoms in total. The van der Waals surface area contributed by atoms with Gasteiger partial charge in [0.25, 0.3) is 0 Å². The summed E-state index contributed by atoms with van der Waals surface area (Å²) in [7, 11) is 0. The molecule has 0 bridgehead atoms. The first-order chi connectivity index (χ1) is 7.60. The summed E-state index contributed by atoms with van der Waals surface area (Å²) in [6, 6.07) is 0. The molecule has 0 saturated heterocycles. The molecule has 0 spiro atoms. The van der Waals surface area contributed by atoms with Gasteiger partial charge in [0, 0.05) is 30.9 Å². The van der Waals surface area contributed by atoms with Crippen molar-refractivity contribution >= 4 is 0 Å². The minimum atomic E-state index is 0.423. The predicted octanol–water partition coefficient (Wildman–Crippen LogP) is 2.63. The molecule has 2 atom stereocenters. The van der Waals surface area contributed by atoms with Gasteiger partial charge in [-0.2, -0.15) is 0 Å². The molecule has 0 aromatic carbocycles. The van der Waals surface area contributed by atoms with E-state index in [1.807, 2.05) is 12.5 Å². The van der Waals surface area contributed by atoms with E-state index in [4.69, 9.17) is 5.73 Å². The lowest BCUT2D eigenvalue weighted by Gasteiger charge is -2.22. The third-order valence-corrected chi connectivity index (χ3v) is 3.39. The topological polar surface area (TPSA) is 43.8 Å². The second-order valence-corrected chi connectivity index (χ2v) is 5.07. The van der Waals surface area contributed by atoms with Gasteiger partial charge in [-0.1, -0.05) is 34.1 Å². The monoisotopic (exact) mass is 223 g/mol. The molecule has 1 aromatic heterocycles. The number of aromatic nitrogens is 2. The van der Waals surface area contributed by atoms with Gasteiger partial charge in [0.15, 0.2) is 0 Å². The van der Waals surface area contributed by atoms with Crippen molar-refractivity contribution in [3.05, 3.63) is 18.2 Å². The van der Waals surface area contributed by atoms with E-state index in [0.717, 1.165) is 6.54 Å². The predicted molar refractivity (Wildman–Crippen MR) is 68.3 cm³/mol. The zero-order valence-electron chi connectivity index (χ0n) is 11.0. The van der Waals surface area contributed by atoms with Gasteiger partial charge in [-0.3, -0.25) is 0 Å². The summed E-state index contributed by atoms with van der Waals surface area (Å²) < 4.78 is 2.27. The maximum absolute atomic E-state index is 5.86. The third kappa shape index (κ3) is 3.08. The van der Waals surface area contributed by atoms with Crippen LogP contribution in [0.1, 0.15) is 45.7 Å². The maximum atomic E-state index is 5.86. The van der Waals surface area contributed by atoms with E-state index in [2.05, 4.69) is 37.2 Å². The quantitative estimate of drug-likeness (QED) is 0.805. The average molecular weight is 223 g/mol. The Kier molecular flexibility index (Phi) is 5.00. The summed E-state index contributed by atoms with van der Waals surface area (Å²) in [5, 5.41) is 0. The summed E-state index contributed by atoms with van der Waals surface area (Å²) in [6.07, 6.45) is 5.11. The Morgan fingerprint density at radius 1 is 1.38 bits per heavy atom. The number of nitrogens with zero attached hydrogens (tertiary/aromatic N) is 2. The molecule has 0 radical (unpaired) electrons. The Bertz CT molecular complexity index is 304. The SMILES string of the molecule is CCC(C)Cn1cncc1C(CN)C(C)C. The van der Waals surface area contributed by atoms with Crippen molar-refractivity contribution in [1.82, 2.24) is 9.55 Å². The highest BCUT2D eigenvalue weighted by molar-refractivity contribution is 5.08. The van der Waals surface area contributed by atoms with Crippen LogP contribution in [0.5, 0.6) is 0 Å². The average Bonchev–Trinajstić information content (AvgIpc) is 2.67. The van der Waals surface area contributed by atoms with Gasteiger partial charge in [0.2, 0.25) is 0 Å². The molecule has 2 unspecified atom stereocenters. The molecule has 3 heteroatoms. The summed E-state index contributed by atoms with van der Waals surface area (Å²) in [6.45, 7) is 10.7. The summed E-state index contributed by atoms with van der Waals surface area (Å²) in [4.78, 5) is 4.27. The van der Waals surface area contributed by atoms with Gasteiger partial charge in [-0.05, 0) is 11.8 Å². The number of nitrogens with two attached hydrogens (primary N) is 1. The van der Waals surface area contributed by atoms with E-state index in [1.165, 1.54) is 12.1 Å². The molecule has 2 N–H and O–H groups in total. The Morgan fingerprint density at radius 3 is 2.56 bits per heavy atom. The highest BCUT2D eigenvalue weighted by Gasteiger charge is 2.18. The Hall–Kier alpha value is -0.830. The molecule has 0 saturated carbocycles. The molecule has 0 aliphatic rings. The summed E-state index contributed by atoms with van der Waals surface area (Å²) in [5.74, 6) is 1.68. The molecule has 1 rings (SSSR count). The molecular weight excluding hydrogens is 198 g/mol. The number of hydrogen-bond acceptors (Lipinski definition) is 2. The fourth-order valence-corrected chi connectivity index (χ4v) is 1.99. The van der Waals surface area contributed by atoms with Crippen molar-refractivity contribution < 1.29 is 0 Å². The van der Waals surface area contributed by atoms with Crippen LogP contribution in [-0.4, -0.2) is 16.1 Å². The van der Waals surface area contributed by atoms with Crippen LogP contribution in [0.4, 0.5) is 0 Å². The van der Waals surface area contributed by atoms with Crippen LogP contribution in [-0.2, 0) is 6.54 Å². The largest absolute Gasteiger partial charge is 0.334 e. The molecule has 0 aliphatic heterocycles. The van der Waals surface area contributed by atoms with Crippen LogP contribution in [0.25, 0.3) is 0 Å². The molecule has 0 aliphatic carbocycles. The minimum Gasteiger partial charge on any atom is -0.334 e. The standard InChI is InChI=1S/C13H25N3/c1-5-11(4)8-16-9-15-7-13(16)12(6-14)10(2)3/h7,9-12H,5-6,8,14H2,1-4H3. The van der Waals surface area contributed by atoms with Crippen LogP contribution in [0.2, 0.25) is 0 Å². The lowest BCUT2D eigenvalue weighted by Crippen LogP contribution is -2.22. The zero-order valence-corrected chi connectivity index (χ0v) is 11.0. The smallest absolute Gasteiger partial charge is 0.0948 e. The minimum absolute atomic E-state index is 0.423. The van der Waals surface area contributed by atoms with E-state index >= 15 is 0 Å². The normalized spacial score (nSPS) is 15.4. The molecular formula is C13H25N3. The van der Waals surface area contributed by atoms with Crippen LogP contribution in [0.15, 0.2) is 12.5 Å². The van der Waals surface area contributed by atoms with Crippen LogP contribution in [0, 0.1) is 11.8 Å². The van der Waals surface area contributed by atoms with Gasteiger partial charge < -0.3 is 10.3 Å². The first-order valence-corrected chi connectivity index (χ1v) is 6.30. The van der Waals surface area contributed by atoms with Crippen molar-refractivity contribution in [2.75, 3.05) is 6.54 Å². The van der Waals surface area contributed by atoms with E-state index in [1.54, 1.807) is 0 Å². The van der Waals surface area contributed by atoms with Gasteiger partial charge in [0.1, 0.15) is 0 Å². The highest BCUT2D eigenvalue weighted by atomic mass is 15.1. The lowest BCUT2D eigenvalue weighted by atomic mass is 9.92. The Morgan fingerprint density at radius 2 is 2.06 bits per heavy atom. The fraction of sp³-hybridized carbons (Fsp3) is 0.769. The Balaban J connectivity index is 2.83. The maximum Gasteiger partial charge on any atom is 0.0948 e. The van der Waals surface area contributed by atoms with E-state index in [-0.39, 0.29) is 0 Å². The van der Waals surface area contributed by atoms with Crippen molar-refractivity contribution in [2.45, 2.75) is 46.6 Å². The van der Waals surface area contributed by atoms with Crippen molar-refractivity contribution in [1.29, 1.82) is 0 Å². The number of rotatable bonds is 6. The fourth-order valence-electron chi connectivity index (χ4n) is 1.99. The number of imidazole rings is 1. The highest BCUT2D eigenvalue weighted by Crippen LogP contribution is 2.23. The molecule has 1 aromatic rings. The molecule has 1 heterocycles. The zero-order chi connectivity index (χ0) is 12.1. The van der Waals surface area contributed by atoms with E-state index < -0.39 is 0 Å². The van der Waals surface area contributed by atoms with Gasteiger partial charge in [-0.15, -0.1) is 0 Å². The van der Waals surface area contributed by atoms with Crippen LogP contribution >= 0.6 is 0 Å². The molecule has 92 valence electrons. The lowest BCUT2D eigenvalue weighted by molar-refractivity contribution is 0.423. The first-order valence-electron chi connectivity index (χ1n) is 6.30. The molecule has 0 amide bonds. The van der Waals surface area contributed by atoms with Crippen LogP contribution in [0.3, 0.4) is 0 Å². The second kappa shape index (κ2) is 6.04. The van der Waals surface area contributed by atoms with Crippen molar-refractivity contribution in [2.24, 2.45) is 17.6 Å². The van der Waals surface area contributed by atoms with E-state index in [0.29, 0.717) is 24.3 Å². The summed E-state index contributed by atoms with van der Waals surface area (Å²) in [5.41, 5.74) is 7.15. The second-order valence-electron chi connectivity index (χ2n) is 5.07. The van der Waals surface area contributed by atoms with Crippen molar-refractivity contribution in [3.8, 4) is 0 Å². The molecule has 16 heavy (non-hydrogen) atoms. The van der Waals surface area contributed by atoms with Gasteiger partial charge in [0.05, 0.1) is 6.33 Å². The van der Waals surface area contributed by atoms with Crippen LogP contribution < -0.4 is 5.73 Å². The summed E-state index contributed by atoms with van der Waals surface area (Å²) >= 11 is 0. The number of hydrogen-bond donors (Lipinski definition) is 1. The Labute approximate surface area is 99.1 Å². The van der Waals surface area contributed by atoms with Gasteiger partial charge in [-0.25, -0.2) is 4.98 Å². The van der Waals surface area contributed by atoms with E-state index in [9.17, 15) is 0 Å². The van der Waals surface area contributed by atoms with Gasteiger partial charge >= 0.3 is 0 Å².